The Kier molecular flexibility index (Phi) is 5.22. The quantitative estimate of drug-likeness (QED) is 0.719. The number of piperazine rings is 1. The van der Waals surface area contributed by atoms with Gasteiger partial charge in [-0.15, -0.1) is 0 Å². The van der Waals surface area contributed by atoms with E-state index in [1.54, 1.807) is 24.3 Å². The Hall–Kier alpha value is -3.15. The van der Waals surface area contributed by atoms with Crippen LogP contribution in [0.1, 0.15) is 36.0 Å². The molecule has 3 aliphatic rings. The Morgan fingerprint density at radius 2 is 1.29 bits per heavy atom. The van der Waals surface area contributed by atoms with E-state index >= 15 is 0 Å². The van der Waals surface area contributed by atoms with Gasteiger partial charge in [0, 0.05) is 37.4 Å². The van der Waals surface area contributed by atoms with Crippen molar-refractivity contribution in [1.29, 1.82) is 0 Å². The fourth-order valence-corrected chi connectivity index (χ4v) is 5.16. The van der Waals surface area contributed by atoms with Crippen molar-refractivity contribution in [3.8, 4) is 0 Å². The number of imide groups is 1. The molecule has 0 spiro atoms. The number of benzene rings is 2. The first-order valence-electron chi connectivity index (χ1n) is 11.2. The highest BCUT2D eigenvalue weighted by molar-refractivity contribution is 6.22. The normalized spacial score (nSPS) is 23.8. The molecule has 2 heterocycles. The summed E-state index contributed by atoms with van der Waals surface area (Å²) >= 11 is 0. The van der Waals surface area contributed by atoms with Crippen LogP contribution < -0.4 is 9.80 Å². The molecule has 5 rings (SSSR count). The first-order valence-corrected chi connectivity index (χ1v) is 11.2. The Balaban J connectivity index is 1.25. The number of hydrogen-bond donors (Lipinski definition) is 0. The molecule has 6 heteroatoms. The van der Waals surface area contributed by atoms with Crippen LogP contribution in [0.5, 0.6) is 0 Å². The van der Waals surface area contributed by atoms with E-state index in [0.29, 0.717) is 24.3 Å². The Bertz CT molecular complexity index is 957. The molecule has 31 heavy (non-hydrogen) atoms. The minimum Gasteiger partial charge on any atom is -0.368 e. The van der Waals surface area contributed by atoms with E-state index in [4.69, 9.17) is 0 Å². The lowest BCUT2D eigenvalue weighted by Gasteiger charge is -2.36. The van der Waals surface area contributed by atoms with Crippen LogP contribution in [0.15, 0.2) is 54.6 Å². The molecule has 6 nitrogen and oxygen atoms in total. The highest BCUT2D eigenvalue weighted by Gasteiger charge is 2.48. The smallest absolute Gasteiger partial charge is 0.253 e. The average Bonchev–Trinajstić information content (AvgIpc) is 3.09. The zero-order valence-corrected chi connectivity index (χ0v) is 17.6. The van der Waals surface area contributed by atoms with Crippen LogP contribution in [0, 0.1) is 11.8 Å². The molecule has 0 aromatic heterocycles. The summed E-state index contributed by atoms with van der Waals surface area (Å²) in [7, 11) is 0. The summed E-state index contributed by atoms with van der Waals surface area (Å²) < 4.78 is 0. The molecule has 0 N–H and O–H groups in total. The van der Waals surface area contributed by atoms with Crippen LogP contribution in [-0.2, 0) is 9.59 Å². The third kappa shape index (κ3) is 3.60. The van der Waals surface area contributed by atoms with Gasteiger partial charge in [0.25, 0.3) is 5.91 Å². The largest absolute Gasteiger partial charge is 0.368 e. The van der Waals surface area contributed by atoms with Gasteiger partial charge >= 0.3 is 0 Å². The van der Waals surface area contributed by atoms with Gasteiger partial charge in [-0.25, -0.2) is 0 Å². The summed E-state index contributed by atoms with van der Waals surface area (Å²) in [4.78, 5) is 44.0. The lowest BCUT2D eigenvalue weighted by Crippen LogP contribution is -2.48. The van der Waals surface area contributed by atoms with E-state index < -0.39 is 0 Å². The lowest BCUT2D eigenvalue weighted by atomic mass is 9.81. The Morgan fingerprint density at radius 1 is 0.710 bits per heavy atom. The summed E-state index contributed by atoms with van der Waals surface area (Å²) in [5.41, 5.74) is 2.35. The van der Waals surface area contributed by atoms with Crippen LogP contribution in [0.2, 0.25) is 0 Å². The van der Waals surface area contributed by atoms with E-state index in [1.807, 2.05) is 23.1 Å². The van der Waals surface area contributed by atoms with Crippen molar-refractivity contribution in [1.82, 2.24) is 4.90 Å². The van der Waals surface area contributed by atoms with E-state index in [-0.39, 0.29) is 29.6 Å². The van der Waals surface area contributed by atoms with Crippen molar-refractivity contribution in [3.63, 3.8) is 0 Å². The minimum absolute atomic E-state index is 0.00740. The van der Waals surface area contributed by atoms with Crippen LogP contribution in [0.4, 0.5) is 11.4 Å². The number of nitrogens with zero attached hydrogens (tertiary/aromatic N) is 3. The number of anilines is 2. The molecule has 160 valence electrons. The number of rotatable bonds is 3. The van der Waals surface area contributed by atoms with Gasteiger partial charge in [-0.2, -0.15) is 0 Å². The topological polar surface area (TPSA) is 60.9 Å². The van der Waals surface area contributed by atoms with Gasteiger partial charge < -0.3 is 9.80 Å². The van der Waals surface area contributed by atoms with Crippen molar-refractivity contribution in [2.24, 2.45) is 11.8 Å². The number of hydrogen-bond acceptors (Lipinski definition) is 4. The van der Waals surface area contributed by atoms with Crippen LogP contribution in [-0.4, -0.2) is 48.8 Å². The SMILES string of the molecule is O=C(c1ccc(N2C(=O)C3CCCCC3C2=O)cc1)N1CCN(c2ccccc2)CC1. The summed E-state index contributed by atoms with van der Waals surface area (Å²) in [6.07, 6.45) is 3.63. The van der Waals surface area contributed by atoms with Gasteiger partial charge in [0.2, 0.25) is 11.8 Å². The van der Waals surface area contributed by atoms with E-state index in [1.165, 1.54) is 10.6 Å². The second-order valence-corrected chi connectivity index (χ2v) is 8.67. The molecule has 2 aromatic rings. The fourth-order valence-electron chi connectivity index (χ4n) is 5.16. The highest BCUT2D eigenvalue weighted by atomic mass is 16.2. The maximum Gasteiger partial charge on any atom is 0.253 e. The van der Waals surface area contributed by atoms with Crippen molar-refractivity contribution < 1.29 is 14.4 Å². The van der Waals surface area contributed by atoms with Gasteiger partial charge in [-0.3, -0.25) is 19.3 Å². The molecule has 2 aliphatic heterocycles. The second-order valence-electron chi connectivity index (χ2n) is 8.67. The molecule has 2 aromatic carbocycles. The van der Waals surface area contributed by atoms with Gasteiger partial charge in [0.1, 0.15) is 0 Å². The van der Waals surface area contributed by atoms with E-state index in [2.05, 4.69) is 17.0 Å². The summed E-state index contributed by atoms with van der Waals surface area (Å²) in [5.74, 6) is -0.490. The predicted octanol–water partition coefficient (Wildman–Crippen LogP) is 3.33. The molecule has 3 amide bonds. The zero-order valence-electron chi connectivity index (χ0n) is 17.6. The third-order valence-electron chi connectivity index (χ3n) is 6.90. The maximum absolute atomic E-state index is 13.0. The zero-order chi connectivity index (χ0) is 21.4. The Morgan fingerprint density at radius 3 is 1.87 bits per heavy atom. The third-order valence-corrected chi connectivity index (χ3v) is 6.90. The average molecular weight is 418 g/mol. The van der Waals surface area contributed by atoms with Gasteiger partial charge in [0.05, 0.1) is 17.5 Å². The predicted molar refractivity (Wildman–Crippen MR) is 119 cm³/mol. The molecule has 3 fully saturated rings. The number of para-hydroxylation sites is 1. The van der Waals surface area contributed by atoms with Crippen molar-refractivity contribution >= 4 is 29.1 Å². The lowest BCUT2D eigenvalue weighted by molar-refractivity contribution is -0.122. The monoisotopic (exact) mass is 417 g/mol. The second kappa shape index (κ2) is 8.17. The standard InChI is InChI=1S/C25H27N3O3/c29-23(27-16-14-26(15-17-27)19-6-2-1-3-7-19)18-10-12-20(13-11-18)28-24(30)21-8-4-5-9-22(21)25(28)31/h1-3,6-7,10-13,21-22H,4-5,8-9,14-17H2. The van der Waals surface area contributed by atoms with Crippen LogP contribution >= 0.6 is 0 Å². The van der Waals surface area contributed by atoms with Crippen molar-refractivity contribution in [3.05, 3.63) is 60.2 Å². The molecule has 2 unspecified atom stereocenters. The summed E-state index contributed by atoms with van der Waals surface area (Å²) in [6, 6.07) is 17.2. The molecular formula is C25H27N3O3. The molecule has 0 radical (unpaired) electrons. The molecule has 1 aliphatic carbocycles. The van der Waals surface area contributed by atoms with E-state index in [9.17, 15) is 14.4 Å². The Labute approximate surface area is 182 Å². The molecule has 2 atom stereocenters. The van der Waals surface area contributed by atoms with Gasteiger partial charge in [0.15, 0.2) is 0 Å². The summed E-state index contributed by atoms with van der Waals surface area (Å²) in [6.45, 7) is 2.94. The first kappa shape index (κ1) is 19.8. The summed E-state index contributed by atoms with van der Waals surface area (Å²) in [5, 5.41) is 0. The van der Waals surface area contributed by atoms with Crippen molar-refractivity contribution in [2.75, 3.05) is 36.0 Å². The number of carbonyl (C=O) groups excluding carboxylic acids is 3. The molecule has 1 saturated carbocycles. The molecule has 2 saturated heterocycles. The number of amides is 3. The van der Waals surface area contributed by atoms with E-state index in [0.717, 1.165) is 38.8 Å². The fraction of sp³-hybridized carbons (Fsp3) is 0.400. The van der Waals surface area contributed by atoms with Gasteiger partial charge in [-0.1, -0.05) is 31.0 Å². The van der Waals surface area contributed by atoms with Crippen molar-refractivity contribution in [2.45, 2.75) is 25.7 Å². The number of fused-ring (bicyclic) bond motifs is 1. The highest BCUT2D eigenvalue weighted by Crippen LogP contribution is 2.40. The van der Waals surface area contributed by atoms with Gasteiger partial charge in [-0.05, 0) is 49.2 Å². The molecule has 0 bridgehead atoms. The first-order chi connectivity index (χ1) is 15.1. The molecular weight excluding hydrogens is 390 g/mol. The maximum atomic E-state index is 13.0. The van der Waals surface area contributed by atoms with Crippen LogP contribution in [0.3, 0.4) is 0 Å². The number of carbonyl (C=O) groups is 3. The minimum atomic E-state index is -0.163. The van der Waals surface area contributed by atoms with Crippen LogP contribution in [0.25, 0.3) is 0 Å².